The van der Waals surface area contributed by atoms with Crippen LogP contribution in [-0.2, 0) is 19.6 Å². The zero-order valence-corrected chi connectivity index (χ0v) is 19.0. The molecule has 1 aromatic carbocycles. The number of aromatic amines is 1. The minimum absolute atomic E-state index is 0.355. The van der Waals surface area contributed by atoms with Gasteiger partial charge in [-0.25, -0.2) is 9.78 Å². The number of imidazole rings is 1. The zero-order chi connectivity index (χ0) is 22.5. The maximum absolute atomic E-state index is 12.6. The molecule has 1 aliphatic heterocycles. The highest BCUT2D eigenvalue weighted by atomic mass is 16.5. The molecular weight excluding hydrogens is 406 g/mol. The molecule has 1 atom stereocenters. The molecule has 3 heterocycles. The number of H-pyrrole nitrogens is 1. The van der Waals surface area contributed by atoms with Crippen LogP contribution in [0.2, 0.25) is 0 Å². The molecule has 0 radical (unpaired) electrons. The number of nitrogens with zero attached hydrogens (tertiary/aromatic N) is 4. The summed E-state index contributed by atoms with van der Waals surface area (Å²) >= 11 is 0. The minimum Gasteiger partial charge on any atom is -0.493 e. The first-order valence-electron chi connectivity index (χ1n) is 11.7. The van der Waals surface area contributed by atoms with Gasteiger partial charge in [-0.3, -0.25) is 19.2 Å². The molecule has 0 saturated carbocycles. The van der Waals surface area contributed by atoms with Crippen molar-refractivity contribution >= 4 is 11.2 Å². The van der Waals surface area contributed by atoms with Gasteiger partial charge in [-0.2, -0.15) is 0 Å². The topological polar surface area (TPSA) is 85.2 Å². The zero-order valence-electron chi connectivity index (χ0n) is 19.0. The number of rotatable bonds is 9. The van der Waals surface area contributed by atoms with Crippen molar-refractivity contribution in [1.29, 1.82) is 0 Å². The van der Waals surface area contributed by atoms with Gasteiger partial charge in [-0.1, -0.05) is 31.5 Å². The van der Waals surface area contributed by atoms with Crippen molar-refractivity contribution in [2.75, 3.05) is 19.7 Å². The van der Waals surface area contributed by atoms with Crippen LogP contribution in [0, 0.1) is 5.92 Å². The van der Waals surface area contributed by atoms with Crippen LogP contribution in [0.5, 0.6) is 5.75 Å². The summed E-state index contributed by atoms with van der Waals surface area (Å²) in [5.41, 5.74) is 0.273. The fourth-order valence-corrected chi connectivity index (χ4v) is 4.56. The minimum atomic E-state index is -0.376. The largest absolute Gasteiger partial charge is 0.493 e. The number of para-hydroxylation sites is 1. The van der Waals surface area contributed by atoms with E-state index in [1.165, 1.54) is 0 Å². The predicted octanol–water partition coefficient (Wildman–Crippen LogP) is 3.00. The van der Waals surface area contributed by atoms with E-state index in [-0.39, 0.29) is 11.2 Å². The summed E-state index contributed by atoms with van der Waals surface area (Å²) in [4.78, 5) is 34.7. The molecule has 4 rings (SSSR count). The summed E-state index contributed by atoms with van der Waals surface area (Å²) in [5.74, 6) is 2.20. The SMILES string of the molecule is CCCCn1c(=O)[nH]c(=O)c2c1nc(CN1CCCC(COc3ccccc3)C1)n2CC. The van der Waals surface area contributed by atoms with E-state index in [0.717, 1.165) is 50.3 Å². The highest BCUT2D eigenvalue weighted by Gasteiger charge is 2.24. The van der Waals surface area contributed by atoms with Gasteiger partial charge in [0.2, 0.25) is 0 Å². The first-order valence-corrected chi connectivity index (χ1v) is 11.7. The van der Waals surface area contributed by atoms with E-state index in [1.807, 2.05) is 41.8 Å². The molecular formula is C24H33N5O3. The van der Waals surface area contributed by atoms with Crippen molar-refractivity contribution in [2.45, 2.75) is 59.2 Å². The van der Waals surface area contributed by atoms with E-state index < -0.39 is 0 Å². The first-order chi connectivity index (χ1) is 15.6. The molecule has 2 aromatic heterocycles. The van der Waals surface area contributed by atoms with Crippen LogP contribution < -0.4 is 16.0 Å². The number of likely N-dealkylation sites (tertiary alicyclic amines) is 1. The molecule has 32 heavy (non-hydrogen) atoms. The van der Waals surface area contributed by atoms with Gasteiger partial charge in [0.25, 0.3) is 5.56 Å². The number of fused-ring (bicyclic) bond motifs is 1. The Hall–Kier alpha value is -2.87. The molecule has 8 nitrogen and oxygen atoms in total. The summed E-state index contributed by atoms with van der Waals surface area (Å²) in [6.45, 7) is 8.57. The number of aromatic nitrogens is 4. The third-order valence-corrected chi connectivity index (χ3v) is 6.21. The quantitative estimate of drug-likeness (QED) is 0.554. The van der Waals surface area contributed by atoms with E-state index in [4.69, 9.17) is 9.72 Å². The smallest absolute Gasteiger partial charge is 0.330 e. The van der Waals surface area contributed by atoms with Crippen LogP contribution >= 0.6 is 0 Å². The number of piperidine rings is 1. The Morgan fingerprint density at radius 2 is 1.97 bits per heavy atom. The molecule has 172 valence electrons. The average molecular weight is 440 g/mol. The Balaban J connectivity index is 1.53. The number of unbranched alkanes of at least 4 members (excludes halogenated alkanes) is 1. The second-order valence-corrected chi connectivity index (χ2v) is 8.58. The third kappa shape index (κ3) is 4.80. The van der Waals surface area contributed by atoms with Crippen molar-refractivity contribution in [1.82, 2.24) is 24.0 Å². The maximum atomic E-state index is 12.6. The van der Waals surface area contributed by atoms with Crippen molar-refractivity contribution < 1.29 is 4.74 Å². The first kappa shape index (κ1) is 22.3. The van der Waals surface area contributed by atoms with Gasteiger partial charge >= 0.3 is 5.69 Å². The molecule has 0 bridgehead atoms. The van der Waals surface area contributed by atoms with E-state index in [9.17, 15) is 9.59 Å². The highest BCUT2D eigenvalue weighted by molar-refractivity contribution is 5.71. The second-order valence-electron chi connectivity index (χ2n) is 8.58. The fourth-order valence-electron chi connectivity index (χ4n) is 4.56. The van der Waals surface area contributed by atoms with E-state index in [1.54, 1.807) is 4.57 Å². The molecule has 1 saturated heterocycles. The summed E-state index contributed by atoms with van der Waals surface area (Å²) < 4.78 is 9.56. The highest BCUT2D eigenvalue weighted by Crippen LogP contribution is 2.21. The molecule has 1 unspecified atom stereocenters. The Labute approximate surface area is 187 Å². The van der Waals surface area contributed by atoms with Gasteiger partial charge in [-0.05, 0) is 44.9 Å². The average Bonchev–Trinajstić information content (AvgIpc) is 3.17. The Morgan fingerprint density at radius 3 is 2.72 bits per heavy atom. The molecule has 1 aliphatic rings. The lowest BCUT2D eigenvalue weighted by molar-refractivity contribution is 0.122. The summed E-state index contributed by atoms with van der Waals surface area (Å²) in [6.07, 6.45) is 4.08. The van der Waals surface area contributed by atoms with Crippen molar-refractivity contribution in [2.24, 2.45) is 5.92 Å². The molecule has 8 heteroatoms. The van der Waals surface area contributed by atoms with Crippen LogP contribution in [0.3, 0.4) is 0 Å². The molecule has 0 spiro atoms. The predicted molar refractivity (Wildman–Crippen MR) is 125 cm³/mol. The van der Waals surface area contributed by atoms with Crippen LogP contribution in [0.4, 0.5) is 0 Å². The standard InChI is InChI=1S/C24H33N5O3/c1-3-5-14-29-22-21(23(30)26-24(29)31)28(4-2)20(25-22)16-27-13-9-10-18(15-27)17-32-19-11-7-6-8-12-19/h6-8,11-12,18H,3-5,9-10,13-17H2,1-2H3,(H,26,30,31). The van der Waals surface area contributed by atoms with Gasteiger partial charge < -0.3 is 9.30 Å². The monoisotopic (exact) mass is 439 g/mol. The lowest BCUT2D eigenvalue weighted by atomic mass is 9.99. The Morgan fingerprint density at radius 1 is 1.16 bits per heavy atom. The van der Waals surface area contributed by atoms with Crippen LogP contribution in [0.25, 0.3) is 11.2 Å². The van der Waals surface area contributed by atoms with Gasteiger partial charge in [0.1, 0.15) is 11.6 Å². The van der Waals surface area contributed by atoms with Crippen molar-refractivity contribution in [3.8, 4) is 5.75 Å². The van der Waals surface area contributed by atoms with Crippen LogP contribution in [0.1, 0.15) is 45.4 Å². The number of hydrogen-bond acceptors (Lipinski definition) is 5. The number of hydrogen-bond donors (Lipinski definition) is 1. The van der Waals surface area contributed by atoms with Gasteiger partial charge in [0.15, 0.2) is 11.2 Å². The van der Waals surface area contributed by atoms with Crippen molar-refractivity contribution in [3.63, 3.8) is 0 Å². The number of benzene rings is 1. The van der Waals surface area contributed by atoms with Crippen molar-refractivity contribution in [3.05, 3.63) is 57.0 Å². The number of nitrogens with one attached hydrogen (secondary N) is 1. The molecule has 1 N–H and O–H groups in total. The molecule has 0 amide bonds. The van der Waals surface area contributed by atoms with E-state index in [2.05, 4.69) is 16.8 Å². The summed E-state index contributed by atoms with van der Waals surface area (Å²) in [5, 5.41) is 0. The van der Waals surface area contributed by atoms with Crippen LogP contribution in [-0.4, -0.2) is 43.7 Å². The fraction of sp³-hybridized carbons (Fsp3) is 0.542. The molecule has 3 aromatic rings. The normalized spacial score (nSPS) is 17.1. The number of ether oxygens (including phenoxy) is 1. The second kappa shape index (κ2) is 10.2. The Bertz CT molecular complexity index is 1150. The van der Waals surface area contributed by atoms with Gasteiger partial charge in [0.05, 0.1) is 13.2 Å². The van der Waals surface area contributed by atoms with E-state index >= 15 is 0 Å². The van der Waals surface area contributed by atoms with Gasteiger partial charge in [-0.15, -0.1) is 0 Å². The van der Waals surface area contributed by atoms with Gasteiger partial charge in [0, 0.05) is 25.6 Å². The third-order valence-electron chi connectivity index (χ3n) is 6.21. The lowest BCUT2D eigenvalue weighted by Crippen LogP contribution is -2.37. The Kier molecular flexibility index (Phi) is 7.09. The molecule has 1 fully saturated rings. The van der Waals surface area contributed by atoms with Crippen LogP contribution in [0.15, 0.2) is 39.9 Å². The molecule has 0 aliphatic carbocycles. The summed E-state index contributed by atoms with van der Waals surface area (Å²) in [6, 6.07) is 9.93. The van der Waals surface area contributed by atoms with E-state index in [0.29, 0.717) is 43.3 Å². The lowest BCUT2D eigenvalue weighted by Gasteiger charge is -2.32. The maximum Gasteiger partial charge on any atom is 0.330 e. The summed E-state index contributed by atoms with van der Waals surface area (Å²) in [7, 11) is 0. The number of aryl methyl sites for hydroxylation is 2.